The van der Waals surface area contributed by atoms with Gasteiger partial charge >= 0.3 is 6.09 Å². The average Bonchev–Trinajstić information content (AvgIpc) is 3.49. The number of ketones is 1. The summed E-state index contributed by atoms with van der Waals surface area (Å²) in [5, 5.41) is 5.89. The van der Waals surface area contributed by atoms with Crippen LogP contribution >= 0.6 is 22.9 Å². The number of nitrogens with zero attached hydrogens (tertiary/aromatic N) is 3. The first-order valence-corrected chi connectivity index (χ1v) is 16.3. The fraction of sp³-hybridized carbons (Fsp3) is 0.594. The minimum atomic E-state index is -0.718. The molecule has 0 spiro atoms. The summed E-state index contributed by atoms with van der Waals surface area (Å²) in [6, 6.07) is 6.52. The van der Waals surface area contributed by atoms with Crippen LogP contribution in [0.15, 0.2) is 29.6 Å². The second-order valence-corrected chi connectivity index (χ2v) is 14.1. The molecule has 230 valence electrons. The fourth-order valence-corrected chi connectivity index (χ4v) is 6.87. The maximum absolute atomic E-state index is 14.1. The standard InChI is InChI=1S/C32H46ClN4O4S/c1-22-12-15-28(29(33)23(22)2)41-32(40)35-17-18-36(26(21-35)27(38)14-13-25-11-8-20-42-25)31(39)30-24(9-6-16-34-30)10-7-19-37(3,4)5/h8,11-12,15,20,24,26,30,34H,6-7,9-10,13-14,16-19,21H2,1-5H3/q+1/t24-,26+,30-/m1/s1. The monoisotopic (exact) mass is 617 g/mol. The molecule has 0 unspecified atom stereocenters. The van der Waals surface area contributed by atoms with Gasteiger partial charge in [-0.3, -0.25) is 9.59 Å². The molecule has 2 amide bonds. The van der Waals surface area contributed by atoms with E-state index >= 15 is 0 Å². The van der Waals surface area contributed by atoms with Gasteiger partial charge in [0.2, 0.25) is 5.91 Å². The van der Waals surface area contributed by atoms with Crippen LogP contribution in [-0.2, 0) is 16.0 Å². The third-order valence-electron chi connectivity index (χ3n) is 8.57. The van der Waals surface area contributed by atoms with Gasteiger partial charge in [0, 0.05) is 24.4 Å². The number of Topliss-reactive ketones (excluding diaryl/α,β-unsaturated/α-hetero) is 1. The van der Waals surface area contributed by atoms with Crippen molar-refractivity contribution in [3.05, 3.63) is 50.7 Å². The van der Waals surface area contributed by atoms with Crippen LogP contribution in [0.4, 0.5) is 4.79 Å². The Morgan fingerprint density at radius 2 is 1.93 bits per heavy atom. The number of hydrogen-bond acceptors (Lipinski definition) is 6. The summed E-state index contributed by atoms with van der Waals surface area (Å²) >= 11 is 8.09. The number of piperidine rings is 1. The minimum absolute atomic E-state index is 0.0235. The highest BCUT2D eigenvalue weighted by Crippen LogP contribution is 2.31. The van der Waals surface area contributed by atoms with E-state index in [1.807, 2.05) is 37.4 Å². The van der Waals surface area contributed by atoms with Crippen molar-refractivity contribution < 1.29 is 23.6 Å². The van der Waals surface area contributed by atoms with Gasteiger partial charge in [0.15, 0.2) is 11.5 Å². The zero-order valence-electron chi connectivity index (χ0n) is 25.7. The topological polar surface area (TPSA) is 79.0 Å². The van der Waals surface area contributed by atoms with E-state index in [2.05, 4.69) is 26.5 Å². The van der Waals surface area contributed by atoms with Crippen molar-refractivity contribution in [2.24, 2.45) is 5.92 Å². The zero-order chi connectivity index (χ0) is 30.4. The third-order valence-corrected chi connectivity index (χ3v) is 9.97. The lowest BCUT2D eigenvalue weighted by molar-refractivity contribution is -0.870. The van der Waals surface area contributed by atoms with Crippen LogP contribution in [0.25, 0.3) is 0 Å². The van der Waals surface area contributed by atoms with Gasteiger partial charge in [0.25, 0.3) is 0 Å². The lowest BCUT2D eigenvalue weighted by atomic mass is 9.85. The number of aryl methyl sites for hydroxylation is 2. The highest BCUT2D eigenvalue weighted by Gasteiger charge is 2.42. The Hall–Kier alpha value is -2.46. The number of amides is 2. The highest BCUT2D eigenvalue weighted by molar-refractivity contribution is 7.09. The Morgan fingerprint density at radius 1 is 1.14 bits per heavy atom. The summed E-state index contributed by atoms with van der Waals surface area (Å²) in [6.07, 6.45) is 4.43. The third kappa shape index (κ3) is 8.34. The van der Waals surface area contributed by atoms with E-state index in [4.69, 9.17) is 16.3 Å². The first kappa shape index (κ1) is 32.5. The van der Waals surface area contributed by atoms with Crippen LogP contribution in [0.1, 0.15) is 48.1 Å². The van der Waals surface area contributed by atoms with Gasteiger partial charge in [-0.1, -0.05) is 23.7 Å². The Labute approximate surface area is 259 Å². The van der Waals surface area contributed by atoms with E-state index in [0.717, 1.165) is 59.3 Å². The van der Waals surface area contributed by atoms with Crippen molar-refractivity contribution in [1.82, 2.24) is 15.1 Å². The molecule has 3 heterocycles. The zero-order valence-corrected chi connectivity index (χ0v) is 27.2. The van der Waals surface area contributed by atoms with Gasteiger partial charge in [-0.15, -0.1) is 11.3 Å². The number of carbonyl (C=O) groups excluding carboxylic acids is 3. The SMILES string of the molecule is Cc1ccc(OC(=O)N2CCN(C(=O)[C@@H]3NCCC[C@@H]3CCC[N+](C)(C)C)[C@H](C(=O)CCc3cccs3)C2)c(Cl)c1C. The van der Waals surface area contributed by atoms with Gasteiger partial charge in [-0.25, -0.2) is 4.79 Å². The molecule has 1 aromatic carbocycles. The predicted molar refractivity (Wildman–Crippen MR) is 168 cm³/mol. The van der Waals surface area contributed by atoms with Crippen LogP contribution in [0, 0.1) is 19.8 Å². The van der Waals surface area contributed by atoms with Crippen molar-refractivity contribution in [3.8, 4) is 5.75 Å². The van der Waals surface area contributed by atoms with Crippen LogP contribution in [0.2, 0.25) is 5.02 Å². The lowest BCUT2D eigenvalue weighted by Gasteiger charge is -2.43. The van der Waals surface area contributed by atoms with Crippen molar-refractivity contribution in [1.29, 1.82) is 0 Å². The van der Waals surface area contributed by atoms with E-state index in [1.54, 1.807) is 22.3 Å². The van der Waals surface area contributed by atoms with Crippen LogP contribution < -0.4 is 10.1 Å². The molecule has 2 aliphatic rings. The molecule has 4 rings (SSSR count). The Morgan fingerprint density at radius 3 is 2.64 bits per heavy atom. The molecule has 2 aliphatic heterocycles. The maximum Gasteiger partial charge on any atom is 0.415 e. The molecule has 1 aromatic heterocycles. The number of thiophene rings is 1. The molecule has 0 radical (unpaired) electrons. The lowest BCUT2D eigenvalue weighted by Crippen LogP contribution is -2.64. The second kappa shape index (κ2) is 14.3. The van der Waals surface area contributed by atoms with Gasteiger partial charge < -0.3 is 24.3 Å². The van der Waals surface area contributed by atoms with E-state index in [1.165, 1.54) is 4.90 Å². The first-order valence-electron chi connectivity index (χ1n) is 15.1. The molecule has 8 nitrogen and oxygen atoms in total. The summed E-state index contributed by atoms with van der Waals surface area (Å²) in [5.74, 6) is 0.474. The van der Waals surface area contributed by atoms with Gasteiger partial charge in [-0.2, -0.15) is 0 Å². The van der Waals surface area contributed by atoms with E-state index in [0.29, 0.717) is 30.2 Å². The van der Waals surface area contributed by atoms with Gasteiger partial charge in [0.05, 0.1) is 45.3 Å². The number of carbonyl (C=O) groups is 3. The highest BCUT2D eigenvalue weighted by atomic mass is 35.5. The number of benzene rings is 1. The molecule has 10 heteroatoms. The van der Waals surface area contributed by atoms with Gasteiger partial charge in [0.1, 0.15) is 6.04 Å². The molecule has 2 fully saturated rings. The summed E-state index contributed by atoms with van der Waals surface area (Å²) in [6.45, 7) is 6.36. The summed E-state index contributed by atoms with van der Waals surface area (Å²) in [5.41, 5.74) is 1.87. The quantitative estimate of drug-likeness (QED) is 0.376. The average molecular weight is 618 g/mol. The normalized spacial score (nSPS) is 21.3. The van der Waals surface area contributed by atoms with Crippen molar-refractivity contribution in [2.75, 3.05) is 53.9 Å². The molecular formula is C32H46ClN4O4S+. The van der Waals surface area contributed by atoms with Crippen molar-refractivity contribution >= 4 is 40.7 Å². The van der Waals surface area contributed by atoms with Crippen molar-refractivity contribution in [2.45, 2.75) is 64.5 Å². The van der Waals surface area contributed by atoms with E-state index in [-0.39, 0.29) is 36.7 Å². The summed E-state index contributed by atoms with van der Waals surface area (Å²) in [7, 11) is 6.56. The number of nitrogens with one attached hydrogen (secondary N) is 1. The number of halogens is 1. The maximum atomic E-state index is 14.1. The predicted octanol–water partition coefficient (Wildman–Crippen LogP) is 5.09. The smallest absolute Gasteiger partial charge is 0.409 e. The molecule has 1 N–H and O–H groups in total. The Balaban J connectivity index is 1.49. The number of quaternary nitrogens is 1. The molecule has 2 aromatic rings. The van der Waals surface area contributed by atoms with E-state index < -0.39 is 12.1 Å². The largest absolute Gasteiger partial charge is 0.415 e. The number of ether oxygens (including phenoxy) is 1. The summed E-state index contributed by atoms with van der Waals surface area (Å²) < 4.78 is 6.59. The molecule has 0 saturated carbocycles. The van der Waals surface area contributed by atoms with Crippen molar-refractivity contribution in [3.63, 3.8) is 0 Å². The summed E-state index contributed by atoms with van der Waals surface area (Å²) in [4.78, 5) is 45.5. The second-order valence-electron chi connectivity index (χ2n) is 12.7. The molecule has 0 aliphatic carbocycles. The number of piperazine rings is 1. The fourth-order valence-electron chi connectivity index (χ4n) is 5.91. The molecule has 42 heavy (non-hydrogen) atoms. The molecule has 3 atom stereocenters. The molecule has 2 saturated heterocycles. The van der Waals surface area contributed by atoms with Crippen LogP contribution in [-0.4, -0.2) is 98.0 Å². The number of hydrogen-bond donors (Lipinski definition) is 1. The first-order chi connectivity index (χ1) is 19.9. The van der Waals surface area contributed by atoms with Crippen LogP contribution in [0.5, 0.6) is 5.75 Å². The Kier molecular flexibility index (Phi) is 11.1. The molecule has 0 bridgehead atoms. The van der Waals surface area contributed by atoms with Crippen LogP contribution in [0.3, 0.4) is 0 Å². The molecular weight excluding hydrogens is 572 g/mol. The number of rotatable bonds is 10. The Bertz CT molecular complexity index is 1250. The van der Waals surface area contributed by atoms with Gasteiger partial charge in [-0.05, 0) is 87.1 Å². The van der Waals surface area contributed by atoms with E-state index in [9.17, 15) is 14.4 Å². The minimum Gasteiger partial charge on any atom is -0.409 e.